The van der Waals surface area contributed by atoms with E-state index in [0.29, 0.717) is 5.92 Å². The fraction of sp³-hybridized carbons (Fsp3) is 0.600. The molecule has 0 bridgehead atoms. The molecule has 1 aliphatic carbocycles. The number of hydrogen-bond acceptors (Lipinski definition) is 1. The molecule has 17 heavy (non-hydrogen) atoms. The van der Waals surface area contributed by atoms with E-state index in [1.807, 2.05) is 6.07 Å². The van der Waals surface area contributed by atoms with Crippen LogP contribution in [0, 0.1) is 11.8 Å². The molecule has 1 atom stereocenters. The summed E-state index contributed by atoms with van der Waals surface area (Å²) in [6.45, 7) is 3.49. The van der Waals surface area contributed by atoms with Crippen molar-refractivity contribution in [1.82, 2.24) is 0 Å². The Labute approximate surface area is 109 Å². The molecule has 2 heteroatoms. The quantitative estimate of drug-likeness (QED) is 0.762. The van der Waals surface area contributed by atoms with E-state index in [9.17, 15) is 0 Å². The number of hydrogen-bond donors (Lipinski definition) is 1. The molecule has 0 aromatic heterocycles. The van der Waals surface area contributed by atoms with Gasteiger partial charge in [0.1, 0.15) is 0 Å². The van der Waals surface area contributed by atoms with E-state index in [1.54, 1.807) is 0 Å². The Hall–Kier alpha value is -0.690. The molecule has 2 aliphatic rings. The zero-order valence-electron chi connectivity index (χ0n) is 10.4. The van der Waals surface area contributed by atoms with Gasteiger partial charge >= 0.3 is 0 Å². The van der Waals surface area contributed by atoms with E-state index in [0.717, 1.165) is 23.4 Å². The largest absolute Gasteiger partial charge is 0.384 e. The normalized spacial score (nSPS) is 32.0. The first kappa shape index (κ1) is 11.4. The smallest absolute Gasteiger partial charge is 0.0410 e. The van der Waals surface area contributed by atoms with E-state index in [2.05, 4.69) is 24.4 Å². The summed E-state index contributed by atoms with van der Waals surface area (Å²) in [5.74, 6) is 2.48. The van der Waals surface area contributed by atoms with Gasteiger partial charge in [0.15, 0.2) is 0 Å². The number of anilines is 1. The molecule has 1 unspecified atom stereocenters. The fourth-order valence-corrected chi connectivity index (χ4v) is 3.62. The van der Waals surface area contributed by atoms with Crippen molar-refractivity contribution >= 4 is 17.3 Å². The number of fused-ring (bicyclic) bond motifs is 1. The van der Waals surface area contributed by atoms with Gasteiger partial charge in [-0.1, -0.05) is 31.4 Å². The lowest BCUT2D eigenvalue weighted by molar-refractivity contribution is 0.261. The molecule has 3 rings (SSSR count). The summed E-state index contributed by atoms with van der Waals surface area (Å²) in [5.41, 5.74) is 2.76. The zero-order valence-corrected chi connectivity index (χ0v) is 11.1. The van der Waals surface area contributed by atoms with Crippen LogP contribution < -0.4 is 5.32 Å². The molecule has 0 radical (unpaired) electrons. The van der Waals surface area contributed by atoms with Gasteiger partial charge in [-0.05, 0) is 48.4 Å². The Kier molecular flexibility index (Phi) is 3.04. The molecular formula is C15H20ClN. The maximum Gasteiger partial charge on any atom is 0.0410 e. The van der Waals surface area contributed by atoms with E-state index < -0.39 is 0 Å². The lowest BCUT2D eigenvalue weighted by Crippen LogP contribution is -2.20. The van der Waals surface area contributed by atoms with Gasteiger partial charge < -0.3 is 5.32 Å². The number of benzene rings is 1. The van der Waals surface area contributed by atoms with Gasteiger partial charge in [0.25, 0.3) is 0 Å². The van der Waals surface area contributed by atoms with Crippen molar-refractivity contribution in [3.63, 3.8) is 0 Å². The summed E-state index contributed by atoms with van der Waals surface area (Å²) in [4.78, 5) is 0. The molecule has 1 aliphatic heterocycles. The van der Waals surface area contributed by atoms with Crippen molar-refractivity contribution in [2.45, 2.75) is 38.5 Å². The van der Waals surface area contributed by atoms with E-state index in [1.165, 1.54) is 36.9 Å². The van der Waals surface area contributed by atoms with Crippen LogP contribution in [0.1, 0.15) is 44.1 Å². The summed E-state index contributed by atoms with van der Waals surface area (Å²) < 4.78 is 0. The molecule has 0 saturated heterocycles. The lowest BCUT2D eigenvalue weighted by atomic mass is 9.75. The van der Waals surface area contributed by atoms with Crippen molar-refractivity contribution in [2.75, 3.05) is 11.9 Å². The molecule has 1 nitrogen and oxygen atoms in total. The van der Waals surface area contributed by atoms with Gasteiger partial charge in [0.2, 0.25) is 0 Å². The van der Waals surface area contributed by atoms with Crippen LogP contribution in [0.15, 0.2) is 18.2 Å². The second kappa shape index (κ2) is 4.53. The average Bonchev–Trinajstić information content (AvgIpc) is 2.73. The number of halogens is 1. The zero-order chi connectivity index (χ0) is 11.8. The first-order valence-corrected chi connectivity index (χ1v) is 7.15. The minimum absolute atomic E-state index is 0.691. The molecule has 1 fully saturated rings. The molecule has 92 valence electrons. The number of nitrogens with one attached hydrogen (secondary N) is 1. The Morgan fingerprint density at radius 2 is 1.94 bits per heavy atom. The monoisotopic (exact) mass is 249 g/mol. The van der Waals surface area contributed by atoms with Crippen LogP contribution in [0.2, 0.25) is 5.02 Å². The minimum Gasteiger partial charge on any atom is -0.384 e. The third-order valence-electron chi connectivity index (χ3n) is 4.56. The van der Waals surface area contributed by atoms with Crippen LogP contribution in [0.5, 0.6) is 0 Å². The Bertz CT molecular complexity index is 407. The molecular weight excluding hydrogens is 230 g/mol. The molecule has 1 aromatic carbocycles. The van der Waals surface area contributed by atoms with Crippen LogP contribution in [-0.4, -0.2) is 6.54 Å². The minimum atomic E-state index is 0.691. The topological polar surface area (TPSA) is 12.0 Å². The molecule has 0 amide bonds. The Balaban J connectivity index is 1.81. The standard InChI is InChI=1S/C15H20ClN/c1-10-2-4-11(5-3-10)14-9-17-15-7-6-12(16)8-13(14)15/h6-8,10-11,14,17H,2-5,9H2,1H3. The highest BCUT2D eigenvalue weighted by Gasteiger charge is 2.31. The average molecular weight is 250 g/mol. The van der Waals surface area contributed by atoms with Crippen molar-refractivity contribution in [2.24, 2.45) is 11.8 Å². The van der Waals surface area contributed by atoms with Crippen molar-refractivity contribution in [3.8, 4) is 0 Å². The van der Waals surface area contributed by atoms with E-state index in [-0.39, 0.29) is 0 Å². The molecule has 0 spiro atoms. The highest BCUT2D eigenvalue weighted by atomic mass is 35.5. The van der Waals surface area contributed by atoms with Gasteiger partial charge in [-0.15, -0.1) is 0 Å². The Morgan fingerprint density at radius 3 is 2.71 bits per heavy atom. The van der Waals surface area contributed by atoms with Gasteiger partial charge in [-0.2, -0.15) is 0 Å². The summed E-state index contributed by atoms with van der Waals surface area (Å²) in [5, 5.41) is 4.40. The highest BCUT2D eigenvalue weighted by molar-refractivity contribution is 6.30. The number of rotatable bonds is 1. The third-order valence-corrected chi connectivity index (χ3v) is 4.79. The lowest BCUT2D eigenvalue weighted by Gasteiger charge is -2.30. The second-order valence-corrected chi connectivity index (χ2v) is 6.18. The SMILES string of the molecule is CC1CCC(C2CNc3ccc(Cl)cc32)CC1. The summed E-state index contributed by atoms with van der Waals surface area (Å²) in [6.07, 6.45) is 5.58. The summed E-state index contributed by atoms with van der Waals surface area (Å²) >= 11 is 6.12. The molecule has 1 N–H and O–H groups in total. The van der Waals surface area contributed by atoms with Crippen LogP contribution in [0.3, 0.4) is 0 Å². The molecule has 1 aromatic rings. The predicted molar refractivity (Wildman–Crippen MR) is 73.8 cm³/mol. The van der Waals surface area contributed by atoms with Gasteiger partial charge in [-0.25, -0.2) is 0 Å². The molecule has 1 heterocycles. The maximum absolute atomic E-state index is 6.12. The third kappa shape index (κ3) is 2.18. The van der Waals surface area contributed by atoms with Crippen molar-refractivity contribution < 1.29 is 0 Å². The van der Waals surface area contributed by atoms with Crippen LogP contribution in [0.4, 0.5) is 5.69 Å². The van der Waals surface area contributed by atoms with Crippen molar-refractivity contribution in [3.05, 3.63) is 28.8 Å². The van der Waals surface area contributed by atoms with E-state index in [4.69, 9.17) is 11.6 Å². The van der Waals surface area contributed by atoms with Gasteiger partial charge in [0, 0.05) is 23.2 Å². The summed E-state index contributed by atoms with van der Waals surface area (Å²) in [7, 11) is 0. The highest BCUT2D eigenvalue weighted by Crippen LogP contribution is 2.44. The molecule has 1 saturated carbocycles. The second-order valence-electron chi connectivity index (χ2n) is 5.74. The predicted octanol–water partition coefficient (Wildman–Crippen LogP) is 4.68. The van der Waals surface area contributed by atoms with Gasteiger partial charge in [0.05, 0.1) is 0 Å². The summed E-state index contributed by atoms with van der Waals surface area (Å²) in [6, 6.07) is 6.28. The van der Waals surface area contributed by atoms with E-state index >= 15 is 0 Å². The fourth-order valence-electron chi connectivity index (χ4n) is 3.44. The van der Waals surface area contributed by atoms with Crippen LogP contribution >= 0.6 is 11.6 Å². The van der Waals surface area contributed by atoms with Crippen LogP contribution in [-0.2, 0) is 0 Å². The maximum atomic E-state index is 6.12. The van der Waals surface area contributed by atoms with Crippen LogP contribution in [0.25, 0.3) is 0 Å². The first-order chi connectivity index (χ1) is 8.24. The van der Waals surface area contributed by atoms with Crippen molar-refractivity contribution in [1.29, 1.82) is 0 Å². The Morgan fingerprint density at radius 1 is 1.18 bits per heavy atom. The first-order valence-electron chi connectivity index (χ1n) is 6.77. The van der Waals surface area contributed by atoms with Gasteiger partial charge in [-0.3, -0.25) is 0 Å².